The molecular formula is C15H14N2O4S. The van der Waals surface area contributed by atoms with Crippen LogP contribution < -0.4 is 5.32 Å². The van der Waals surface area contributed by atoms with E-state index in [0.717, 1.165) is 24.5 Å². The fourth-order valence-electron chi connectivity index (χ4n) is 2.24. The second kappa shape index (κ2) is 6.25. The molecule has 114 valence electrons. The Hall–Kier alpha value is -2.25. The van der Waals surface area contributed by atoms with Gasteiger partial charge in [0.05, 0.1) is 11.8 Å². The Morgan fingerprint density at radius 2 is 2.27 bits per heavy atom. The monoisotopic (exact) mass is 318 g/mol. The molecule has 6 nitrogen and oxygen atoms in total. The van der Waals surface area contributed by atoms with Crippen LogP contribution >= 0.6 is 11.3 Å². The molecule has 0 bridgehead atoms. The van der Waals surface area contributed by atoms with E-state index in [9.17, 15) is 9.59 Å². The van der Waals surface area contributed by atoms with E-state index in [1.165, 1.54) is 29.7 Å². The summed E-state index contributed by atoms with van der Waals surface area (Å²) in [6.07, 6.45) is 3.45. The van der Waals surface area contributed by atoms with Crippen LogP contribution in [-0.4, -0.2) is 28.6 Å². The third-order valence-electron chi connectivity index (χ3n) is 3.32. The van der Waals surface area contributed by atoms with Crippen molar-refractivity contribution < 1.29 is 19.4 Å². The minimum Gasteiger partial charge on any atom is -0.478 e. The molecular weight excluding hydrogens is 304 g/mol. The van der Waals surface area contributed by atoms with Crippen molar-refractivity contribution in [2.24, 2.45) is 0 Å². The zero-order valence-corrected chi connectivity index (χ0v) is 12.4. The predicted molar refractivity (Wildman–Crippen MR) is 81.4 cm³/mol. The van der Waals surface area contributed by atoms with Gasteiger partial charge in [0.1, 0.15) is 16.0 Å². The highest BCUT2D eigenvalue weighted by molar-refractivity contribution is 7.13. The number of nitrogens with zero attached hydrogens (tertiary/aromatic N) is 1. The molecule has 7 heteroatoms. The van der Waals surface area contributed by atoms with Crippen molar-refractivity contribution in [3.8, 4) is 0 Å². The zero-order valence-electron chi connectivity index (χ0n) is 11.6. The molecule has 1 unspecified atom stereocenters. The number of carbonyl (C=O) groups is 2. The number of anilines is 1. The van der Waals surface area contributed by atoms with Crippen LogP contribution in [0.25, 0.3) is 0 Å². The number of hydrogen-bond acceptors (Lipinski definition) is 5. The number of amides is 1. The number of aromatic carboxylic acids is 1. The number of hydrogen-bond donors (Lipinski definition) is 2. The van der Waals surface area contributed by atoms with Crippen LogP contribution in [0.5, 0.6) is 0 Å². The smallest absolute Gasteiger partial charge is 0.335 e. The average molecular weight is 318 g/mol. The maximum absolute atomic E-state index is 12.2. The third-order valence-corrected chi connectivity index (χ3v) is 4.41. The van der Waals surface area contributed by atoms with Gasteiger partial charge in [-0.3, -0.25) is 4.79 Å². The van der Waals surface area contributed by atoms with E-state index in [0.29, 0.717) is 10.6 Å². The molecule has 22 heavy (non-hydrogen) atoms. The van der Waals surface area contributed by atoms with Crippen molar-refractivity contribution >= 4 is 28.9 Å². The van der Waals surface area contributed by atoms with Crippen LogP contribution in [0, 0.1) is 0 Å². The second-order valence-corrected chi connectivity index (χ2v) is 5.97. The SMILES string of the molecule is O=C(O)c1cccc(NC(=O)c2cnc(C3CCCO3)s2)c1. The Labute approximate surface area is 130 Å². The number of carboxylic acid groups (broad SMARTS) is 1. The van der Waals surface area contributed by atoms with E-state index < -0.39 is 5.97 Å². The Morgan fingerprint density at radius 3 is 3.00 bits per heavy atom. The van der Waals surface area contributed by atoms with Crippen LogP contribution in [0.3, 0.4) is 0 Å². The largest absolute Gasteiger partial charge is 0.478 e. The first-order valence-corrected chi connectivity index (χ1v) is 7.67. The van der Waals surface area contributed by atoms with Crippen molar-refractivity contribution in [1.29, 1.82) is 0 Å². The second-order valence-electron chi connectivity index (χ2n) is 4.90. The number of benzene rings is 1. The minimum atomic E-state index is -1.03. The highest BCUT2D eigenvalue weighted by atomic mass is 32.1. The van der Waals surface area contributed by atoms with E-state index in [4.69, 9.17) is 9.84 Å². The summed E-state index contributed by atoms with van der Waals surface area (Å²) in [7, 11) is 0. The summed E-state index contributed by atoms with van der Waals surface area (Å²) in [6, 6.07) is 6.12. The van der Waals surface area contributed by atoms with Crippen molar-refractivity contribution in [1.82, 2.24) is 4.98 Å². The lowest BCUT2D eigenvalue weighted by molar-refractivity contribution is 0.0696. The summed E-state index contributed by atoms with van der Waals surface area (Å²) in [6.45, 7) is 0.730. The summed E-state index contributed by atoms with van der Waals surface area (Å²) in [4.78, 5) is 27.8. The van der Waals surface area contributed by atoms with Gasteiger partial charge in [0.2, 0.25) is 0 Å². The lowest BCUT2D eigenvalue weighted by Crippen LogP contribution is -2.10. The molecule has 1 aromatic carbocycles. The number of nitrogens with one attached hydrogen (secondary N) is 1. The molecule has 2 aromatic rings. The first-order valence-electron chi connectivity index (χ1n) is 6.85. The van der Waals surface area contributed by atoms with Crippen molar-refractivity contribution in [2.45, 2.75) is 18.9 Å². The van der Waals surface area contributed by atoms with Gasteiger partial charge in [-0.15, -0.1) is 11.3 Å². The molecule has 1 aliphatic rings. The van der Waals surface area contributed by atoms with E-state index in [1.54, 1.807) is 12.1 Å². The number of carbonyl (C=O) groups excluding carboxylic acids is 1. The summed E-state index contributed by atoms with van der Waals surface area (Å²) < 4.78 is 5.54. The average Bonchev–Trinajstić information content (AvgIpc) is 3.18. The Balaban J connectivity index is 1.71. The molecule has 1 saturated heterocycles. The molecule has 1 fully saturated rings. The fraction of sp³-hybridized carbons (Fsp3) is 0.267. The zero-order chi connectivity index (χ0) is 15.5. The highest BCUT2D eigenvalue weighted by Crippen LogP contribution is 2.31. The molecule has 1 aromatic heterocycles. The number of carboxylic acids is 1. The molecule has 1 aliphatic heterocycles. The Kier molecular flexibility index (Phi) is 4.17. The molecule has 0 spiro atoms. The minimum absolute atomic E-state index is 0.0121. The lowest BCUT2D eigenvalue weighted by atomic mass is 10.2. The standard InChI is InChI=1S/C15H14N2O4S/c18-13(17-10-4-1-3-9(7-10)15(19)20)12-8-16-14(22-12)11-5-2-6-21-11/h1,3-4,7-8,11H,2,5-6H2,(H,17,18)(H,19,20). The maximum Gasteiger partial charge on any atom is 0.335 e. The number of aromatic nitrogens is 1. The van der Waals surface area contributed by atoms with Gasteiger partial charge in [0, 0.05) is 12.3 Å². The van der Waals surface area contributed by atoms with Crippen molar-refractivity contribution in [3.63, 3.8) is 0 Å². The van der Waals surface area contributed by atoms with Crippen molar-refractivity contribution in [3.05, 3.63) is 45.9 Å². The quantitative estimate of drug-likeness (QED) is 0.905. The van der Waals surface area contributed by atoms with Gasteiger partial charge in [-0.1, -0.05) is 6.07 Å². The summed E-state index contributed by atoms with van der Waals surface area (Å²) in [5.74, 6) is -1.33. The van der Waals surface area contributed by atoms with Crippen LogP contribution in [0.15, 0.2) is 30.5 Å². The molecule has 0 radical (unpaired) electrons. The van der Waals surface area contributed by atoms with Crippen LogP contribution in [0.2, 0.25) is 0 Å². The van der Waals surface area contributed by atoms with E-state index in [-0.39, 0.29) is 17.6 Å². The van der Waals surface area contributed by atoms with Gasteiger partial charge < -0.3 is 15.2 Å². The molecule has 1 atom stereocenters. The van der Waals surface area contributed by atoms with Gasteiger partial charge in [-0.25, -0.2) is 9.78 Å². The predicted octanol–water partition coefficient (Wildman–Crippen LogP) is 2.95. The molecule has 0 aliphatic carbocycles. The fourth-order valence-corrected chi connectivity index (χ4v) is 3.13. The molecule has 1 amide bonds. The summed E-state index contributed by atoms with van der Waals surface area (Å²) >= 11 is 1.30. The Bertz CT molecular complexity index is 707. The number of ether oxygens (including phenoxy) is 1. The topological polar surface area (TPSA) is 88.5 Å². The van der Waals surface area contributed by atoms with Gasteiger partial charge in [0.25, 0.3) is 5.91 Å². The third kappa shape index (κ3) is 3.15. The number of thiazole rings is 1. The summed E-state index contributed by atoms with van der Waals surface area (Å²) in [5, 5.41) is 12.4. The first-order chi connectivity index (χ1) is 10.6. The maximum atomic E-state index is 12.2. The van der Waals surface area contributed by atoms with Gasteiger partial charge in [-0.05, 0) is 31.0 Å². The molecule has 2 N–H and O–H groups in total. The lowest BCUT2D eigenvalue weighted by Gasteiger charge is -2.05. The summed E-state index contributed by atoms with van der Waals surface area (Å²) in [5.41, 5.74) is 0.569. The van der Waals surface area contributed by atoms with Gasteiger partial charge >= 0.3 is 5.97 Å². The normalized spacial score (nSPS) is 17.4. The first kappa shape index (κ1) is 14.7. The van der Waals surface area contributed by atoms with E-state index in [1.807, 2.05) is 0 Å². The van der Waals surface area contributed by atoms with Crippen LogP contribution in [-0.2, 0) is 4.74 Å². The van der Waals surface area contributed by atoms with Gasteiger partial charge in [0.15, 0.2) is 0 Å². The molecule has 3 rings (SSSR count). The van der Waals surface area contributed by atoms with Crippen molar-refractivity contribution in [2.75, 3.05) is 11.9 Å². The Morgan fingerprint density at radius 1 is 1.41 bits per heavy atom. The highest BCUT2D eigenvalue weighted by Gasteiger charge is 2.22. The van der Waals surface area contributed by atoms with E-state index in [2.05, 4.69) is 10.3 Å². The molecule has 2 heterocycles. The number of rotatable bonds is 4. The molecule has 0 saturated carbocycles. The van der Waals surface area contributed by atoms with Crippen LogP contribution in [0.1, 0.15) is 44.0 Å². The van der Waals surface area contributed by atoms with Crippen LogP contribution in [0.4, 0.5) is 5.69 Å². The van der Waals surface area contributed by atoms with Gasteiger partial charge in [-0.2, -0.15) is 0 Å². The van der Waals surface area contributed by atoms with E-state index >= 15 is 0 Å².